The molecule has 6 nitrogen and oxygen atoms in total. The number of unbranched alkanes of at least 4 members (excludes halogenated alkanes) is 28. The van der Waals surface area contributed by atoms with Crippen molar-refractivity contribution >= 4 is 17.9 Å². The lowest BCUT2D eigenvalue weighted by molar-refractivity contribution is -0.167. The Morgan fingerprint density at radius 3 is 0.971 bits per heavy atom. The molecule has 0 aromatic rings. The second-order valence-corrected chi connectivity index (χ2v) is 18.6. The van der Waals surface area contributed by atoms with Crippen LogP contribution in [-0.2, 0) is 28.6 Å². The minimum atomic E-state index is -0.802. The summed E-state index contributed by atoms with van der Waals surface area (Å²) in [6, 6.07) is 0. The highest BCUT2D eigenvalue weighted by molar-refractivity contribution is 5.71. The minimum absolute atomic E-state index is 0.0970. The number of carbonyl (C=O) groups excluding carboxylic acids is 3. The summed E-state index contributed by atoms with van der Waals surface area (Å²) >= 11 is 0. The number of carbonyl (C=O) groups is 3. The second-order valence-electron chi connectivity index (χ2n) is 18.6. The Morgan fingerprint density at radius 1 is 0.309 bits per heavy atom. The van der Waals surface area contributed by atoms with E-state index < -0.39 is 6.10 Å². The number of hydrogen-bond donors (Lipinski definition) is 0. The van der Waals surface area contributed by atoms with E-state index in [2.05, 4.69) is 118 Å². The first-order chi connectivity index (χ1) is 33.5. The van der Waals surface area contributed by atoms with E-state index in [1.165, 1.54) is 109 Å². The van der Waals surface area contributed by atoms with Crippen molar-refractivity contribution in [2.75, 3.05) is 13.2 Å². The van der Waals surface area contributed by atoms with Gasteiger partial charge < -0.3 is 14.2 Å². The lowest BCUT2D eigenvalue weighted by Crippen LogP contribution is -2.30. The second kappa shape index (κ2) is 55.9. The van der Waals surface area contributed by atoms with Crippen molar-refractivity contribution in [3.8, 4) is 0 Å². The minimum Gasteiger partial charge on any atom is -0.462 e. The maximum absolute atomic E-state index is 12.8. The van der Waals surface area contributed by atoms with Crippen molar-refractivity contribution in [2.24, 2.45) is 0 Å². The average molecular weight is 946 g/mol. The van der Waals surface area contributed by atoms with Gasteiger partial charge in [-0.1, -0.05) is 246 Å². The van der Waals surface area contributed by atoms with Crippen LogP contribution >= 0.6 is 0 Å². The molecular formula is C62H104O6. The molecule has 0 fully saturated rings. The van der Waals surface area contributed by atoms with Gasteiger partial charge in [-0.15, -0.1) is 0 Å². The van der Waals surface area contributed by atoms with E-state index in [9.17, 15) is 14.4 Å². The molecule has 0 heterocycles. The fraction of sp³-hybridized carbons (Fsp3) is 0.694. The Morgan fingerprint density at radius 2 is 0.588 bits per heavy atom. The molecule has 0 aliphatic carbocycles. The maximum atomic E-state index is 12.8. The molecule has 0 N–H and O–H groups in total. The number of rotatable bonds is 50. The van der Waals surface area contributed by atoms with Crippen LogP contribution in [0, 0.1) is 0 Å². The fourth-order valence-corrected chi connectivity index (χ4v) is 7.68. The quantitative estimate of drug-likeness (QED) is 0.0199. The SMILES string of the molecule is CC/C=C/C=C/C=C/CCCCCCCC(=O)OCC(COC(=O)CCCCCCCCC/C=C/CCCCCCCCCC)OC(=O)CCCCCCC/C=C/C=C/C=C/C=C/CCCCC. The van der Waals surface area contributed by atoms with Crippen molar-refractivity contribution in [1.82, 2.24) is 0 Å². The Kier molecular flexibility index (Phi) is 52.9. The summed E-state index contributed by atoms with van der Waals surface area (Å²) in [6.45, 7) is 6.43. The van der Waals surface area contributed by atoms with Crippen molar-refractivity contribution in [3.05, 3.63) is 97.2 Å². The largest absolute Gasteiger partial charge is 0.462 e. The molecule has 0 saturated carbocycles. The topological polar surface area (TPSA) is 78.9 Å². The van der Waals surface area contributed by atoms with Crippen LogP contribution in [-0.4, -0.2) is 37.2 Å². The maximum Gasteiger partial charge on any atom is 0.306 e. The highest BCUT2D eigenvalue weighted by Crippen LogP contribution is 2.15. The van der Waals surface area contributed by atoms with Gasteiger partial charge in [0.1, 0.15) is 13.2 Å². The summed E-state index contributed by atoms with van der Waals surface area (Å²) in [4.78, 5) is 38.1. The Bertz CT molecular complexity index is 1360. The molecule has 388 valence electrons. The molecule has 1 unspecified atom stereocenters. The first-order valence-electron chi connectivity index (χ1n) is 28.3. The molecule has 0 bridgehead atoms. The van der Waals surface area contributed by atoms with Crippen molar-refractivity contribution in [3.63, 3.8) is 0 Å². The standard InChI is InChI=1S/C62H104O6/c1-4-7-10-13-16-19-22-25-27-29-31-33-34-37-40-43-46-49-52-55-61(64)67-58-59(57-66-60(63)54-51-48-45-42-39-36-24-21-18-15-12-9-6-3)68-62(65)56-53-50-47-44-41-38-35-32-30-28-26-23-20-17-14-11-8-5-2/h9,12,15,17-18,20-21,23-24,26,28-32,35,59H,4-8,10-11,13-14,16,19,22,25,27,33-34,36-58H2,1-3H3/b12-9+,18-15+,20-17+,24-21+,26-23+,30-28+,31-29+,35-32+. The molecule has 68 heavy (non-hydrogen) atoms. The first kappa shape index (κ1) is 64.3. The van der Waals surface area contributed by atoms with Crippen LogP contribution < -0.4 is 0 Å². The molecule has 6 heteroatoms. The summed E-state index contributed by atoms with van der Waals surface area (Å²) in [5.74, 6) is -0.943. The van der Waals surface area contributed by atoms with Crippen LogP contribution in [0.1, 0.15) is 258 Å². The molecule has 0 radical (unpaired) electrons. The zero-order valence-corrected chi connectivity index (χ0v) is 44.3. The number of esters is 3. The monoisotopic (exact) mass is 945 g/mol. The van der Waals surface area contributed by atoms with Crippen molar-refractivity contribution in [2.45, 2.75) is 264 Å². The molecule has 0 aliphatic rings. The highest BCUT2D eigenvalue weighted by Gasteiger charge is 2.19. The van der Waals surface area contributed by atoms with Crippen molar-refractivity contribution in [1.29, 1.82) is 0 Å². The zero-order valence-electron chi connectivity index (χ0n) is 44.3. The Labute approximate surface area is 419 Å². The average Bonchev–Trinajstić information content (AvgIpc) is 3.34. The molecule has 0 aromatic heterocycles. The van der Waals surface area contributed by atoms with Crippen LogP contribution in [0.3, 0.4) is 0 Å². The van der Waals surface area contributed by atoms with Gasteiger partial charge in [-0.05, 0) is 89.9 Å². The van der Waals surface area contributed by atoms with E-state index in [4.69, 9.17) is 14.2 Å². The van der Waals surface area contributed by atoms with E-state index in [1.807, 2.05) is 0 Å². The van der Waals surface area contributed by atoms with Gasteiger partial charge in [-0.3, -0.25) is 14.4 Å². The van der Waals surface area contributed by atoms with E-state index in [0.717, 1.165) is 109 Å². The van der Waals surface area contributed by atoms with E-state index in [0.29, 0.717) is 19.3 Å². The van der Waals surface area contributed by atoms with Crippen LogP contribution in [0.2, 0.25) is 0 Å². The van der Waals surface area contributed by atoms with Crippen LogP contribution in [0.25, 0.3) is 0 Å². The van der Waals surface area contributed by atoms with Gasteiger partial charge in [-0.2, -0.15) is 0 Å². The van der Waals surface area contributed by atoms with Crippen LogP contribution in [0.4, 0.5) is 0 Å². The highest BCUT2D eigenvalue weighted by atomic mass is 16.6. The third kappa shape index (κ3) is 53.3. The lowest BCUT2D eigenvalue weighted by Gasteiger charge is -2.18. The molecule has 0 aromatic carbocycles. The predicted octanol–water partition coefficient (Wildman–Crippen LogP) is 18.9. The van der Waals surface area contributed by atoms with Gasteiger partial charge in [0.15, 0.2) is 6.10 Å². The molecule has 1 atom stereocenters. The molecule has 0 rings (SSSR count). The van der Waals surface area contributed by atoms with Crippen LogP contribution in [0.15, 0.2) is 97.2 Å². The van der Waals surface area contributed by atoms with E-state index in [1.54, 1.807) is 0 Å². The Balaban J connectivity index is 4.45. The summed E-state index contributed by atoms with van der Waals surface area (Å²) in [6.07, 6.45) is 73.9. The van der Waals surface area contributed by atoms with E-state index in [-0.39, 0.29) is 31.1 Å². The molecular weight excluding hydrogens is 841 g/mol. The van der Waals surface area contributed by atoms with E-state index >= 15 is 0 Å². The fourth-order valence-electron chi connectivity index (χ4n) is 7.68. The van der Waals surface area contributed by atoms with Gasteiger partial charge in [-0.25, -0.2) is 0 Å². The molecule has 0 saturated heterocycles. The lowest BCUT2D eigenvalue weighted by atomic mass is 10.1. The number of ether oxygens (including phenoxy) is 3. The number of allylic oxidation sites excluding steroid dienone is 16. The summed E-state index contributed by atoms with van der Waals surface area (Å²) in [7, 11) is 0. The van der Waals surface area contributed by atoms with Gasteiger partial charge >= 0.3 is 17.9 Å². The Hall–Kier alpha value is -3.67. The smallest absolute Gasteiger partial charge is 0.306 e. The van der Waals surface area contributed by atoms with Gasteiger partial charge in [0.05, 0.1) is 0 Å². The van der Waals surface area contributed by atoms with Crippen LogP contribution in [0.5, 0.6) is 0 Å². The number of hydrogen-bond acceptors (Lipinski definition) is 6. The third-order valence-electron chi connectivity index (χ3n) is 11.9. The first-order valence-corrected chi connectivity index (χ1v) is 28.3. The predicted molar refractivity (Wildman–Crippen MR) is 293 cm³/mol. The molecule has 0 aliphatic heterocycles. The van der Waals surface area contributed by atoms with Gasteiger partial charge in [0, 0.05) is 19.3 Å². The van der Waals surface area contributed by atoms with Crippen molar-refractivity contribution < 1.29 is 28.6 Å². The third-order valence-corrected chi connectivity index (χ3v) is 11.9. The summed E-state index contributed by atoms with van der Waals surface area (Å²) < 4.78 is 16.8. The normalized spacial score (nSPS) is 12.8. The summed E-state index contributed by atoms with van der Waals surface area (Å²) in [5.41, 5.74) is 0. The summed E-state index contributed by atoms with van der Waals surface area (Å²) in [5, 5.41) is 0. The molecule has 0 amide bonds. The van der Waals surface area contributed by atoms with Gasteiger partial charge in [0.2, 0.25) is 0 Å². The molecule has 0 spiro atoms. The zero-order chi connectivity index (χ0) is 49.3. The van der Waals surface area contributed by atoms with Gasteiger partial charge in [0.25, 0.3) is 0 Å².